The highest BCUT2D eigenvalue weighted by Crippen LogP contribution is 2.40. The number of carbonyl (C=O) groups is 1. The van der Waals surface area contributed by atoms with Gasteiger partial charge in [0.1, 0.15) is 0 Å². The number of anilines is 1. The van der Waals surface area contributed by atoms with Crippen LogP contribution in [0.3, 0.4) is 0 Å². The van der Waals surface area contributed by atoms with E-state index >= 15 is 0 Å². The Bertz CT molecular complexity index is 943. The number of benzene rings is 3. The Kier molecular flexibility index (Phi) is 4.85. The standard InChI is InChI=1S/C24H25NO2/c1-2-25(23-9-5-7-18-6-3-4-8-22(18)23)21-15-14-20(16-21)17-10-12-19(13-11-17)24(26)27/h3-13,20-21H,2,14-16H2,1H3,(H,26,27). The maximum Gasteiger partial charge on any atom is 0.335 e. The van der Waals surface area contributed by atoms with E-state index in [-0.39, 0.29) is 0 Å². The zero-order chi connectivity index (χ0) is 18.8. The summed E-state index contributed by atoms with van der Waals surface area (Å²) in [6.07, 6.45) is 3.43. The summed E-state index contributed by atoms with van der Waals surface area (Å²) < 4.78 is 0. The number of carboxylic acid groups (broad SMARTS) is 1. The minimum Gasteiger partial charge on any atom is -0.478 e. The predicted octanol–water partition coefficient (Wildman–Crippen LogP) is 5.70. The molecule has 138 valence electrons. The summed E-state index contributed by atoms with van der Waals surface area (Å²) in [5, 5.41) is 11.7. The van der Waals surface area contributed by atoms with Crippen LogP contribution in [0.1, 0.15) is 48.0 Å². The van der Waals surface area contributed by atoms with E-state index in [2.05, 4.69) is 54.3 Å². The van der Waals surface area contributed by atoms with Crippen molar-refractivity contribution in [2.24, 2.45) is 0 Å². The molecule has 2 atom stereocenters. The van der Waals surface area contributed by atoms with Gasteiger partial charge < -0.3 is 10.0 Å². The van der Waals surface area contributed by atoms with Gasteiger partial charge in [-0.2, -0.15) is 0 Å². The second-order valence-electron chi connectivity index (χ2n) is 7.38. The summed E-state index contributed by atoms with van der Waals surface area (Å²) in [7, 11) is 0. The average molecular weight is 359 g/mol. The van der Waals surface area contributed by atoms with Crippen LogP contribution >= 0.6 is 0 Å². The summed E-state index contributed by atoms with van der Waals surface area (Å²) in [4.78, 5) is 13.6. The molecular weight excluding hydrogens is 334 g/mol. The van der Waals surface area contributed by atoms with Crippen LogP contribution in [0.15, 0.2) is 66.7 Å². The molecule has 1 saturated carbocycles. The fourth-order valence-corrected chi connectivity index (χ4v) is 4.53. The molecule has 1 aliphatic rings. The molecule has 3 heteroatoms. The first kappa shape index (κ1) is 17.6. The normalized spacial score (nSPS) is 19.3. The fourth-order valence-electron chi connectivity index (χ4n) is 4.53. The van der Waals surface area contributed by atoms with Crippen LogP contribution < -0.4 is 4.90 Å². The van der Waals surface area contributed by atoms with Gasteiger partial charge in [-0.3, -0.25) is 0 Å². The molecule has 3 nitrogen and oxygen atoms in total. The van der Waals surface area contributed by atoms with Crippen molar-refractivity contribution in [3.63, 3.8) is 0 Å². The minimum absolute atomic E-state index is 0.360. The van der Waals surface area contributed by atoms with E-state index in [1.54, 1.807) is 12.1 Å². The third kappa shape index (κ3) is 3.42. The number of hydrogen-bond donors (Lipinski definition) is 1. The van der Waals surface area contributed by atoms with Gasteiger partial charge in [0.2, 0.25) is 0 Å². The first-order chi connectivity index (χ1) is 13.2. The van der Waals surface area contributed by atoms with E-state index in [0.29, 0.717) is 17.5 Å². The number of hydrogen-bond acceptors (Lipinski definition) is 2. The number of carboxylic acids is 1. The summed E-state index contributed by atoms with van der Waals surface area (Å²) >= 11 is 0. The van der Waals surface area contributed by atoms with Crippen LogP contribution in [0.5, 0.6) is 0 Å². The molecule has 0 radical (unpaired) electrons. The average Bonchev–Trinajstić information content (AvgIpc) is 3.19. The van der Waals surface area contributed by atoms with Gasteiger partial charge in [0, 0.05) is 23.7 Å². The molecular formula is C24H25NO2. The molecule has 27 heavy (non-hydrogen) atoms. The van der Waals surface area contributed by atoms with Gasteiger partial charge in [-0.25, -0.2) is 4.79 Å². The van der Waals surface area contributed by atoms with E-state index in [9.17, 15) is 4.79 Å². The van der Waals surface area contributed by atoms with Crippen molar-refractivity contribution in [3.8, 4) is 0 Å². The van der Waals surface area contributed by atoms with Gasteiger partial charge >= 0.3 is 5.97 Å². The Balaban J connectivity index is 1.57. The van der Waals surface area contributed by atoms with Crippen molar-refractivity contribution >= 4 is 22.4 Å². The van der Waals surface area contributed by atoms with Gasteiger partial charge in [-0.15, -0.1) is 0 Å². The first-order valence-corrected chi connectivity index (χ1v) is 9.75. The zero-order valence-electron chi connectivity index (χ0n) is 15.6. The predicted molar refractivity (Wildman–Crippen MR) is 111 cm³/mol. The largest absolute Gasteiger partial charge is 0.478 e. The van der Waals surface area contributed by atoms with Crippen LogP contribution in [0.4, 0.5) is 5.69 Å². The highest BCUT2D eigenvalue weighted by atomic mass is 16.4. The lowest BCUT2D eigenvalue weighted by molar-refractivity contribution is 0.0697. The molecule has 2 unspecified atom stereocenters. The number of aromatic carboxylic acids is 1. The van der Waals surface area contributed by atoms with Crippen LogP contribution in [-0.4, -0.2) is 23.7 Å². The molecule has 0 spiro atoms. The minimum atomic E-state index is -0.862. The van der Waals surface area contributed by atoms with Crippen molar-refractivity contribution in [1.82, 2.24) is 0 Å². The van der Waals surface area contributed by atoms with Crippen molar-refractivity contribution in [3.05, 3.63) is 77.9 Å². The van der Waals surface area contributed by atoms with Crippen molar-refractivity contribution in [2.45, 2.75) is 38.1 Å². The quantitative estimate of drug-likeness (QED) is 0.635. The van der Waals surface area contributed by atoms with E-state index in [4.69, 9.17) is 5.11 Å². The van der Waals surface area contributed by atoms with Crippen LogP contribution in [-0.2, 0) is 0 Å². The van der Waals surface area contributed by atoms with E-state index in [0.717, 1.165) is 19.4 Å². The summed E-state index contributed by atoms with van der Waals surface area (Å²) in [6.45, 7) is 3.22. The number of fused-ring (bicyclic) bond motifs is 1. The molecule has 1 aliphatic carbocycles. The van der Waals surface area contributed by atoms with E-state index in [1.807, 2.05) is 12.1 Å². The van der Waals surface area contributed by atoms with Gasteiger partial charge in [0.15, 0.2) is 0 Å². The van der Waals surface area contributed by atoms with Crippen molar-refractivity contribution in [2.75, 3.05) is 11.4 Å². The number of nitrogens with zero attached hydrogens (tertiary/aromatic N) is 1. The SMILES string of the molecule is CCN(c1cccc2ccccc12)C1CCC(c2ccc(C(=O)O)cc2)C1. The third-order valence-electron chi connectivity index (χ3n) is 5.89. The number of rotatable bonds is 5. The second-order valence-corrected chi connectivity index (χ2v) is 7.38. The zero-order valence-corrected chi connectivity index (χ0v) is 15.6. The molecule has 3 aromatic carbocycles. The molecule has 0 amide bonds. The monoisotopic (exact) mass is 359 g/mol. The van der Waals surface area contributed by atoms with Gasteiger partial charge in [0.05, 0.1) is 5.56 Å². The Morgan fingerprint density at radius 2 is 1.74 bits per heavy atom. The molecule has 1 N–H and O–H groups in total. The Morgan fingerprint density at radius 1 is 1.00 bits per heavy atom. The van der Waals surface area contributed by atoms with Crippen LogP contribution in [0, 0.1) is 0 Å². The molecule has 0 saturated heterocycles. The Morgan fingerprint density at radius 3 is 2.48 bits per heavy atom. The third-order valence-corrected chi connectivity index (χ3v) is 5.89. The highest BCUT2D eigenvalue weighted by Gasteiger charge is 2.30. The maximum atomic E-state index is 11.1. The summed E-state index contributed by atoms with van der Waals surface area (Å²) in [6, 6.07) is 23.1. The fraction of sp³-hybridized carbons (Fsp3) is 0.292. The molecule has 1 fully saturated rings. The van der Waals surface area contributed by atoms with Gasteiger partial charge in [-0.05, 0) is 61.3 Å². The van der Waals surface area contributed by atoms with Crippen molar-refractivity contribution < 1.29 is 9.90 Å². The lowest BCUT2D eigenvalue weighted by Crippen LogP contribution is -2.33. The van der Waals surface area contributed by atoms with Crippen LogP contribution in [0.2, 0.25) is 0 Å². The molecule has 4 rings (SSSR count). The molecule has 0 aliphatic heterocycles. The molecule has 0 bridgehead atoms. The molecule has 0 aromatic heterocycles. The van der Waals surface area contributed by atoms with Crippen LogP contribution in [0.25, 0.3) is 10.8 Å². The topological polar surface area (TPSA) is 40.5 Å². The highest BCUT2D eigenvalue weighted by molar-refractivity contribution is 5.94. The smallest absolute Gasteiger partial charge is 0.335 e. The Hall–Kier alpha value is -2.81. The van der Waals surface area contributed by atoms with Gasteiger partial charge in [0.25, 0.3) is 0 Å². The van der Waals surface area contributed by atoms with Gasteiger partial charge in [-0.1, -0.05) is 48.5 Å². The summed E-state index contributed by atoms with van der Waals surface area (Å²) in [5.74, 6) is -0.360. The lowest BCUT2D eigenvalue weighted by Gasteiger charge is -2.31. The Labute approximate surface area is 160 Å². The second kappa shape index (κ2) is 7.43. The molecule has 3 aromatic rings. The van der Waals surface area contributed by atoms with Crippen molar-refractivity contribution in [1.29, 1.82) is 0 Å². The van der Waals surface area contributed by atoms with E-state index < -0.39 is 5.97 Å². The van der Waals surface area contributed by atoms with E-state index in [1.165, 1.54) is 28.4 Å². The lowest BCUT2D eigenvalue weighted by atomic mass is 9.96. The first-order valence-electron chi connectivity index (χ1n) is 9.75. The molecule has 0 heterocycles. The maximum absolute atomic E-state index is 11.1. The summed E-state index contributed by atoms with van der Waals surface area (Å²) in [5.41, 5.74) is 2.94.